The van der Waals surface area contributed by atoms with Crippen LogP contribution in [0.5, 0.6) is 5.88 Å². The zero-order chi connectivity index (χ0) is 20.6. The third kappa shape index (κ3) is 5.49. The van der Waals surface area contributed by atoms with Crippen LogP contribution in [0.4, 0.5) is 5.69 Å². The lowest BCUT2D eigenvalue weighted by Gasteiger charge is -2.11. The van der Waals surface area contributed by atoms with Crippen LogP contribution >= 0.6 is 12.2 Å². The number of nitrogens with zero attached hydrogens (tertiary/aromatic N) is 3. The van der Waals surface area contributed by atoms with Crippen molar-refractivity contribution in [1.29, 1.82) is 0 Å². The molecule has 8 nitrogen and oxygen atoms in total. The van der Waals surface area contributed by atoms with E-state index in [0.717, 1.165) is 11.1 Å². The minimum atomic E-state index is -0.174. The van der Waals surface area contributed by atoms with Crippen molar-refractivity contribution in [2.75, 3.05) is 25.6 Å². The van der Waals surface area contributed by atoms with Gasteiger partial charge in [0.05, 0.1) is 6.61 Å². The smallest absolute Gasteiger partial charge is 0.237 e. The molecule has 0 spiro atoms. The molecule has 0 fully saturated rings. The van der Waals surface area contributed by atoms with Gasteiger partial charge in [-0.25, -0.2) is 4.98 Å². The van der Waals surface area contributed by atoms with Gasteiger partial charge in [0.25, 0.3) is 0 Å². The van der Waals surface area contributed by atoms with E-state index in [1.54, 1.807) is 25.4 Å². The van der Waals surface area contributed by atoms with E-state index in [-0.39, 0.29) is 12.3 Å². The Morgan fingerprint density at radius 1 is 1.24 bits per heavy atom. The van der Waals surface area contributed by atoms with Crippen molar-refractivity contribution in [3.05, 3.63) is 52.9 Å². The number of carbonyl (C=O) groups excluding carboxylic acids is 1. The summed E-state index contributed by atoms with van der Waals surface area (Å²) < 4.78 is 12.8. The number of aryl methyl sites for hydroxylation is 1. The summed E-state index contributed by atoms with van der Waals surface area (Å²) in [5.74, 6) is 0.887. The molecule has 9 heteroatoms. The molecule has 0 unspecified atom stereocenters. The Balaban J connectivity index is 1.66. The molecule has 0 bridgehead atoms. The number of hydrogen-bond donors (Lipinski definition) is 2. The first kappa shape index (κ1) is 20.7. The van der Waals surface area contributed by atoms with Crippen LogP contribution in [0.1, 0.15) is 12.0 Å². The first-order valence-corrected chi connectivity index (χ1v) is 9.58. The number of aromatic nitrogens is 4. The molecule has 0 aliphatic rings. The number of aromatic amines is 1. The molecule has 2 heterocycles. The minimum absolute atomic E-state index is 0.174. The van der Waals surface area contributed by atoms with Crippen LogP contribution in [0.2, 0.25) is 0 Å². The van der Waals surface area contributed by atoms with Crippen molar-refractivity contribution >= 4 is 23.8 Å². The van der Waals surface area contributed by atoms with Gasteiger partial charge in [0.1, 0.15) is 12.3 Å². The SMILES string of the molecule is COCCOc1ncccc1NC(=O)CCn1c(-c2ccc(C)cc2)n[nH]c1=S. The summed E-state index contributed by atoms with van der Waals surface area (Å²) in [5, 5.41) is 9.95. The molecule has 2 aromatic heterocycles. The van der Waals surface area contributed by atoms with E-state index in [9.17, 15) is 4.79 Å². The van der Waals surface area contributed by atoms with Gasteiger partial charge in [-0.3, -0.25) is 14.5 Å². The standard InChI is InChI=1S/C20H23N5O3S/c1-14-5-7-15(8-6-14)18-23-24-20(29)25(18)11-9-17(26)22-16-4-3-10-21-19(16)28-13-12-27-2/h3-8,10H,9,11-13H2,1-2H3,(H,22,26)(H,24,29). The van der Waals surface area contributed by atoms with Crippen molar-refractivity contribution < 1.29 is 14.3 Å². The Labute approximate surface area is 173 Å². The first-order chi connectivity index (χ1) is 14.1. The maximum absolute atomic E-state index is 12.5. The van der Waals surface area contributed by atoms with Gasteiger partial charge in [-0.2, -0.15) is 5.10 Å². The van der Waals surface area contributed by atoms with Crippen molar-refractivity contribution in [3.63, 3.8) is 0 Å². The Morgan fingerprint density at radius 2 is 2.03 bits per heavy atom. The molecule has 0 radical (unpaired) electrons. The molecule has 3 aromatic rings. The predicted molar refractivity (Wildman–Crippen MR) is 112 cm³/mol. The lowest BCUT2D eigenvalue weighted by atomic mass is 10.1. The third-order valence-electron chi connectivity index (χ3n) is 4.20. The van der Waals surface area contributed by atoms with Gasteiger partial charge in [0.2, 0.25) is 11.8 Å². The Kier molecular flexibility index (Phi) is 7.09. The molecular formula is C20H23N5O3S. The zero-order valence-corrected chi connectivity index (χ0v) is 17.2. The Morgan fingerprint density at radius 3 is 2.79 bits per heavy atom. The summed E-state index contributed by atoms with van der Waals surface area (Å²) in [6, 6.07) is 11.5. The number of pyridine rings is 1. The number of amides is 1. The quantitative estimate of drug-likeness (QED) is 0.413. The average molecular weight is 414 g/mol. The molecule has 3 rings (SSSR count). The Hall–Kier alpha value is -3.04. The number of rotatable bonds is 9. The lowest BCUT2D eigenvalue weighted by Crippen LogP contribution is -2.16. The van der Waals surface area contributed by atoms with Crippen molar-refractivity contribution in [2.24, 2.45) is 0 Å². The van der Waals surface area contributed by atoms with Crippen LogP contribution in [0.3, 0.4) is 0 Å². The van der Waals surface area contributed by atoms with E-state index >= 15 is 0 Å². The van der Waals surface area contributed by atoms with Gasteiger partial charge < -0.3 is 14.8 Å². The fourth-order valence-corrected chi connectivity index (χ4v) is 2.92. The number of nitrogens with one attached hydrogen (secondary N) is 2. The zero-order valence-electron chi connectivity index (χ0n) is 16.3. The number of ether oxygens (including phenoxy) is 2. The van der Waals surface area contributed by atoms with Crippen LogP contribution in [0, 0.1) is 11.7 Å². The summed E-state index contributed by atoms with van der Waals surface area (Å²) in [4.78, 5) is 16.7. The van der Waals surface area contributed by atoms with Gasteiger partial charge in [0, 0.05) is 31.8 Å². The van der Waals surface area contributed by atoms with Crippen LogP contribution in [0.15, 0.2) is 42.6 Å². The van der Waals surface area contributed by atoms with Gasteiger partial charge in [0.15, 0.2) is 10.6 Å². The molecule has 0 atom stereocenters. The van der Waals surface area contributed by atoms with Gasteiger partial charge in [-0.05, 0) is 31.3 Å². The Bertz CT molecular complexity index is 1010. The molecule has 1 amide bonds. The topological polar surface area (TPSA) is 94.1 Å². The monoisotopic (exact) mass is 413 g/mol. The summed E-state index contributed by atoms with van der Waals surface area (Å²) in [5.41, 5.74) is 2.61. The highest BCUT2D eigenvalue weighted by Crippen LogP contribution is 2.21. The van der Waals surface area contributed by atoms with E-state index in [1.165, 1.54) is 0 Å². The number of anilines is 1. The van der Waals surface area contributed by atoms with Crippen molar-refractivity contribution in [3.8, 4) is 17.3 Å². The molecule has 0 aliphatic heterocycles. The largest absolute Gasteiger partial charge is 0.474 e. The molecule has 0 saturated carbocycles. The number of hydrogen-bond acceptors (Lipinski definition) is 6. The second-order valence-electron chi connectivity index (χ2n) is 6.37. The summed E-state index contributed by atoms with van der Waals surface area (Å²) >= 11 is 5.33. The van der Waals surface area contributed by atoms with E-state index in [2.05, 4.69) is 20.5 Å². The van der Waals surface area contributed by atoms with Gasteiger partial charge >= 0.3 is 0 Å². The van der Waals surface area contributed by atoms with Crippen molar-refractivity contribution in [2.45, 2.75) is 19.9 Å². The molecule has 0 aliphatic carbocycles. The maximum atomic E-state index is 12.5. The van der Waals surface area contributed by atoms with E-state index in [0.29, 0.717) is 41.9 Å². The minimum Gasteiger partial charge on any atom is -0.474 e. The molecule has 2 N–H and O–H groups in total. The molecular weight excluding hydrogens is 390 g/mol. The highest BCUT2D eigenvalue weighted by molar-refractivity contribution is 7.71. The highest BCUT2D eigenvalue weighted by atomic mass is 32.1. The molecule has 0 saturated heterocycles. The maximum Gasteiger partial charge on any atom is 0.237 e. The van der Waals surface area contributed by atoms with Crippen molar-refractivity contribution in [1.82, 2.24) is 19.7 Å². The number of methoxy groups -OCH3 is 1. The predicted octanol–water partition coefficient (Wildman–Crippen LogP) is 3.37. The number of H-pyrrole nitrogens is 1. The van der Waals surface area contributed by atoms with E-state index in [4.69, 9.17) is 21.7 Å². The summed E-state index contributed by atoms with van der Waals surface area (Å²) in [6.45, 7) is 3.20. The van der Waals surface area contributed by atoms with E-state index < -0.39 is 0 Å². The van der Waals surface area contributed by atoms with Crippen LogP contribution in [0.25, 0.3) is 11.4 Å². The second-order valence-corrected chi connectivity index (χ2v) is 6.75. The molecule has 1 aromatic carbocycles. The lowest BCUT2D eigenvalue weighted by molar-refractivity contribution is -0.116. The molecule has 152 valence electrons. The summed E-state index contributed by atoms with van der Waals surface area (Å²) in [7, 11) is 1.59. The van der Waals surface area contributed by atoms with Crippen LogP contribution < -0.4 is 10.1 Å². The van der Waals surface area contributed by atoms with E-state index in [1.807, 2.05) is 35.8 Å². The highest BCUT2D eigenvalue weighted by Gasteiger charge is 2.13. The fourth-order valence-electron chi connectivity index (χ4n) is 2.70. The first-order valence-electron chi connectivity index (χ1n) is 9.17. The third-order valence-corrected chi connectivity index (χ3v) is 4.51. The average Bonchev–Trinajstić information content (AvgIpc) is 3.09. The summed E-state index contributed by atoms with van der Waals surface area (Å²) in [6.07, 6.45) is 1.83. The van der Waals surface area contributed by atoms with Crippen LogP contribution in [-0.4, -0.2) is 46.0 Å². The second kappa shape index (κ2) is 9.94. The normalized spacial score (nSPS) is 10.7. The fraction of sp³-hybridized carbons (Fsp3) is 0.300. The number of benzene rings is 1. The van der Waals surface area contributed by atoms with Gasteiger partial charge in [-0.1, -0.05) is 29.8 Å². The van der Waals surface area contributed by atoms with Crippen LogP contribution in [-0.2, 0) is 16.1 Å². The molecule has 29 heavy (non-hydrogen) atoms. The number of carbonyl (C=O) groups is 1. The van der Waals surface area contributed by atoms with Gasteiger partial charge in [-0.15, -0.1) is 0 Å².